The van der Waals surface area contributed by atoms with Gasteiger partial charge in [-0.25, -0.2) is 13.6 Å². The number of rotatable bonds is 4. The van der Waals surface area contributed by atoms with Gasteiger partial charge in [0.05, 0.1) is 23.4 Å². The maximum atomic E-state index is 14.8. The minimum absolute atomic E-state index is 0.0308. The molecule has 0 saturated carbocycles. The molecule has 5 nitrogen and oxygen atoms in total. The van der Waals surface area contributed by atoms with Gasteiger partial charge in [-0.15, -0.1) is 0 Å². The van der Waals surface area contributed by atoms with E-state index in [1.54, 1.807) is 41.0 Å². The van der Waals surface area contributed by atoms with Crippen molar-refractivity contribution >= 4 is 16.9 Å². The van der Waals surface area contributed by atoms with Crippen molar-refractivity contribution in [3.63, 3.8) is 0 Å². The lowest BCUT2D eigenvalue weighted by atomic mass is 10.1. The molecule has 2 heterocycles. The summed E-state index contributed by atoms with van der Waals surface area (Å²) in [6.07, 6.45) is 1.23. The van der Waals surface area contributed by atoms with E-state index in [0.29, 0.717) is 22.3 Å². The molecule has 0 spiro atoms. The van der Waals surface area contributed by atoms with Gasteiger partial charge in [-0.2, -0.15) is 0 Å². The third-order valence-electron chi connectivity index (χ3n) is 4.93. The smallest absolute Gasteiger partial charge is 0.341 e. The van der Waals surface area contributed by atoms with Crippen LogP contribution in [0.1, 0.15) is 21.6 Å². The van der Waals surface area contributed by atoms with E-state index in [1.807, 2.05) is 0 Å². The third kappa shape index (κ3) is 3.45. The second-order valence-corrected chi connectivity index (χ2v) is 6.89. The Labute approximate surface area is 169 Å². The highest BCUT2D eigenvalue weighted by atomic mass is 19.1. The Bertz CT molecular complexity index is 1360. The van der Waals surface area contributed by atoms with Crippen LogP contribution in [0.2, 0.25) is 0 Å². The van der Waals surface area contributed by atoms with Crippen LogP contribution in [0.3, 0.4) is 0 Å². The third-order valence-corrected chi connectivity index (χ3v) is 4.93. The molecule has 4 aromatic rings. The van der Waals surface area contributed by atoms with Crippen LogP contribution >= 0.6 is 0 Å². The molecule has 0 fully saturated rings. The van der Waals surface area contributed by atoms with Crippen molar-refractivity contribution in [2.75, 3.05) is 0 Å². The number of hydrogen-bond acceptors (Lipinski definition) is 3. The van der Waals surface area contributed by atoms with Gasteiger partial charge in [-0.05, 0) is 37.3 Å². The number of aryl methyl sites for hydroxylation is 1. The molecule has 0 amide bonds. The van der Waals surface area contributed by atoms with Crippen LogP contribution in [0, 0.1) is 18.6 Å². The van der Waals surface area contributed by atoms with Gasteiger partial charge in [0.1, 0.15) is 17.2 Å². The lowest BCUT2D eigenvalue weighted by Crippen LogP contribution is -2.19. The fraction of sp³-hybridized carbons (Fsp3) is 0.0870. The van der Waals surface area contributed by atoms with Gasteiger partial charge in [-0.3, -0.25) is 9.78 Å². The Morgan fingerprint density at radius 1 is 1.07 bits per heavy atom. The highest BCUT2D eigenvalue weighted by Crippen LogP contribution is 2.23. The largest absolute Gasteiger partial charge is 0.477 e. The van der Waals surface area contributed by atoms with Crippen molar-refractivity contribution in [1.29, 1.82) is 0 Å². The first-order chi connectivity index (χ1) is 14.3. The van der Waals surface area contributed by atoms with E-state index >= 15 is 0 Å². The second-order valence-electron chi connectivity index (χ2n) is 6.89. The standard InChI is InChI=1S/C23H16F2N2O3/c1-13-18(24)8-9-20(26-13)14-6-7-15(19(25)10-14)11-27-12-17(23(29)30)22(28)16-4-2-3-5-21(16)27/h2-10,12H,11H2,1H3,(H,29,30). The molecule has 1 N–H and O–H groups in total. The summed E-state index contributed by atoms with van der Waals surface area (Å²) in [5, 5.41) is 9.60. The minimum Gasteiger partial charge on any atom is -0.477 e. The number of hydrogen-bond donors (Lipinski definition) is 1. The lowest BCUT2D eigenvalue weighted by Gasteiger charge is -2.13. The van der Waals surface area contributed by atoms with Gasteiger partial charge >= 0.3 is 5.97 Å². The zero-order valence-electron chi connectivity index (χ0n) is 15.9. The van der Waals surface area contributed by atoms with Gasteiger partial charge in [0, 0.05) is 22.7 Å². The normalized spacial score (nSPS) is 11.0. The van der Waals surface area contributed by atoms with E-state index in [1.165, 1.54) is 31.3 Å². The Balaban J connectivity index is 1.77. The SMILES string of the molecule is Cc1nc(-c2ccc(Cn3cc(C(=O)O)c(=O)c4ccccc43)c(F)c2)ccc1F. The van der Waals surface area contributed by atoms with Crippen LogP contribution in [-0.4, -0.2) is 20.6 Å². The summed E-state index contributed by atoms with van der Waals surface area (Å²) in [6, 6.07) is 13.9. The van der Waals surface area contributed by atoms with Crippen LogP contribution in [0.5, 0.6) is 0 Å². The molecule has 4 rings (SSSR count). The summed E-state index contributed by atoms with van der Waals surface area (Å²) >= 11 is 0. The fourth-order valence-corrected chi connectivity index (χ4v) is 3.35. The minimum atomic E-state index is -1.34. The van der Waals surface area contributed by atoms with Gasteiger partial charge in [-0.1, -0.05) is 24.3 Å². The summed E-state index contributed by atoms with van der Waals surface area (Å²) in [6.45, 7) is 1.56. The molecule has 30 heavy (non-hydrogen) atoms. The molecule has 0 aliphatic rings. The highest BCUT2D eigenvalue weighted by Gasteiger charge is 2.15. The molecule has 0 bridgehead atoms. The molecular formula is C23H16F2N2O3. The van der Waals surface area contributed by atoms with E-state index in [9.17, 15) is 23.5 Å². The van der Waals surface area contributed by atoms with E-state index in [4.69, 9.17) is 0 Å². The molecule has 7 heteroatoms. The van der Waals surface area contributed by atoms with Crippen molar-refractivity contribution in [2.45, 2.75) is 13.5 Å². The number of carboxylic acids is 1. The number of aromatic nitrogens is 2. The van der Waals surface area contributed by atoms with E-state index in [-0.39, 0.29) is 23.2 Å². The summed E-state index contributed by atoms with van der Waals surface area (Å²) in [5.41, 5.74) is 1.02. The summed E-state index contributed by atoms with van der Waals surface area (Å²) in [5.74, 6) is -2.29. The fourth-order valence-electron chi connectivity index (χ4n) is 3.35. The first-order valence-corrected chi connectivity index (χ1v) is 9.12. The van der Waals surface area contributed by atoms with Crippen LogP contribution in [0.25, 0.3) is 22.2 Å². The Hall–Kier alpha value is -3.87. The number of para-hydroxylation sites is 1. The maximum absolute atomic E-state index is 14.8. The topological polar surface area (TPSA) is 72.2 Å². The van der Waals surface area contributed by atoms with Gasteiger partial charge in [0.2, 0.25) is 5.43 Å². The number of aromatic carboxylic acids is 1. The molecule has 0 aliphatic heterocycles. The first kappa shape index (κ1) is 19.4. The number of fused-ring (bicyclic) bond motifs is 1. The Kier molecular flexibility index (Phi) is 4.87. The summed E-state index contributed by atoms with van der Waals surface area (Å²) in [7, 11) is 0. The summed E-state index contributed by atoms with van der Waals surface area (Å²) < 4.78 is 29.8. The molecule has 0 radical (unpaired) electrons. The van der Waals surface area contributed by atoms with E-state index < -0.39 is 23.0 Å². The van der Waals surface area contributed by atoms with Crippen molar-refractivity contribution in [3.8, 4) is 11.3 Å². The van der Waals surface area contributed by atoms with Crippen molar-refractivity contribution in [2.24, 2.45) is 0 Å². The molecule has 0 unspecified atom stereocenters. The van der Waals surface area contributed by atoms with Gasteiger partial charge in [0.25, 0.3) is 0 Å². The maximum Gasteiger partial charge on any atom is 0.341 e. The molecule has 0 aliphatic carbocycles. The van der Waals surface area contributed by atoms with Crippen molar-refractivity contribution in [1.82, 2.24) is 9.55 Å². The number of benzene rings is 2. The predicted molar refractivity (Wildman–Crippen MR) is 109 cm³/mol. The average Bonchev–Trinajstić information content (AvgIpc) is 2.73. The highest BCUT2D eigenvalue weighted by molar-refractivity contribution is 5.92. The zero-order chi connectivity index (χ0) is 21.4. The second kappa shape index (κ2) is 7.51. The Morgan fingerprint density at radius 2 is 1.83 bits per heavy atom. The number of pyridine rings is 2. The predicted octanol–water partition coefficient (Wildman–Crippen LogP) is 4.40. The number of halogens is 2. The molecule has 2 aromatic heterocycles. The molecular weight excluding hydrogens is 390 g/mol. The average molecular weight is 406 g/mol. The van der Waals surface area contributed by atoms with E-state index in [0.717, 1.165) is 0 Å². The lowest BCUT2D eigenvalue weighted by molar-refractivity contribution is 0.0695. The Morgan fingerprint density at radius 3 is 2.53 bits per heavy atom. The molecule has 0 atom stereocenters. The molecule has 150 valence electrons. The van der Waals surface area contributed by atoms with Crippen LogP contribution in [0.15, 0.2) is 65.6 Å². The van der Waals surface area contributed by atoms with Crippen molar-refractivity contribution < 1.29 is 18.7 Å². The summed E-state index contributed by atoms with van der Waals surface area (Å²) in [4.78, 5) is 28.0. The zero-order valence-corrected chi connectivity index (χ0v) is 15.9. The van der Waals surface area contributed by atoms with Crippen LogP contribution < -0.4 is 5.43 Å². The van der Waals surface area contributed by atoms with Gasteiger partial charge in [0.15, 0.2) is 0 Å². The molecule has 0 saturated heterocycles. The number of carbonyl (C=O) groups is 1. The van der Waals surface area contributed by atoms with Crippen LogP contribution in [-0.2, 0) is 6.54 Å². The number of nitrogens with zero attached hydrogens (tertiary/aromatic N) is 2. The van der Waals surface area contributed by atoms with Crippen LogP contribution in [0.4, 0.5) is 8.78 Å². The van der Waals surface area contributed by atoms with Crippen molar-refractivity contribution in [3.05, 3.63) is 99.5 Å². The first-order valence-electron chi connectivity index (χ1n) is 9.12. The number of carboxylic acid groups (broad SMARTS) is 1. The van der Waals surface area contributed by atoms with E-state index in [2.05, 4.69) is 4.98 Å². The quantitative estimate of drug-likeness (QED) is 0.545. The monoisotopic (exact) mass is 406 g/mol. The van der Waals surface area contributed by atoms with Gasteiger partial charge < -0.3 is 9.67 Å². The molecule has 2 aromatic carbocycles.